The van der Waals surface area contributed by atoms with E-state index in [0.717, 1.165) is 17.2 Å². The molecule has 0 saturated heterocycles. The van der Waals surface area contributed by atoms with E-state index in [9.17, 15) is 0 Å². The monoisotopic (exact) mass is 228 g/mol. The van der Waals surface area contributed by atoms with Crippen LogP contribution in [0.15, 0.2) is 42.6 Å². The first-order valence-corrected chi connectivity index (χ1v) is 5.42. The second-order valence-electron chi connectivity index (χ2n) is 4.01. The van der Waals surface area contributed by atoms with Crippen LogP contribution < -0.4 is 16.0 Å². The van der Waals surface area contributed by atoms with Crippen LogP contribution in [-0.2, 0) is 0 Å². The molecule has 0 spiro atoms. The van der Waals surface area contributed by atoms with Crippen molar-refractivity contribution >= 4 is 22.9 Å². The summed E-state index contributed by atoms with van der Waals surface area (Å²) in [7, 11) is 4.01. The first-order valence-electron chi connectivity index (χ1n) is 5.42. The van der Waals surface area contributed by atoms with E-state index < -0.39 is 0 Å². The number of nitrogens with one attached hydrogen (secondary N) is 1. The van der Waals surface area contributed by atoms with Crippen LogP contribution in [0.3, 0.4) is 0 Å². The summed E-state index contributed by atoms with van der Waals surface area (Å²) in [6, 6.07) is 11.6. The van der Waals surface area contributed by atoms with E-state index in [4.69, 9.17) is 5.73 Å². The van der Waals surface area contributed by atoms with Crippen LogP contribution in [0.1, 0.15) is 0 Å². The van der Waals surface area contributed by atoms with Gasteiger partial charge in [0.1, 0.15) is 5.82 Å². The van der Waals surface area contributed by atoms with E-state index in [-0.39, 0.29) is 0 Å². The van der Waals surface area contributed by atoms with Gasteiger partial charge < -0.3 is 16.0 Å². The summed E-state index contributed by atoms with van der Waals surface area (Å²) < 4.78 is 0. The number of benzene rings is 1. The highest BCUT2D eigenvalue weighted by molar-refractivity contribution is 5.74. The van der Waals surface area contributed by atoms with Crippen LogP contribution in [0, 0.1) is 0 Å². The van der Waals surface area contributed by atoms with Crippen molar-refractivity contribution in [1.29, 1.82) is 0 Å². The Morgan fingerprint density at radius 2 is 1.94 bits per heavy atom. The first-order chi connectivity index (χ1) is 8.16. The second kappa shape index (κ2) is 4.74. The second-order valence-corrected chi connectivity index (χ2v) is 4.01. The highest BCUT2D eigenvalue weighted by atomic mass is 15.1. The Morgan fingerprint density at radius 3 is 2.65 bits per heavy atom. The van der Waals surface area contributed by atoms with Crippen molar-refractivity contribution in [2.24, 2.45) is 0 Å². The van der Waals surface area contributed by atoms with Gasteiger partial charge in [-0.3, -0.25) is 0 Å². The minimum atomic E-state index is 0.699. The largest absolute Gasteiger partial charge is 0.399 e. The highest BCUT2D eigenvalue weighted by Crippen LogP contribution is 2.26. The van der Waals surface area contributed by atoms with Gasteiger partial charge in [-0.2, -0.15) is 0 Å². The number of aromatic nitrogens is 1. The van der Waals surface area contributed by atoms with E-state index in [0.29, 0.717) is 5.69 Å². The molecule has 0 unspecified atom stereocenters. The van der Waals surface area contributed by atoms with Gasteiger partial charge in [0.05, 0.1) is 11.4 Å². The zero-order chi connectivity index (χ0) is 12.3. The molecule has 0 saturated carbocycles. The molecule has 17 heavy (non-hydrogen) atoms. The standard InChI is InChI=1S/C13H16N4/c1-17(2)12-6-4-3-5-11(12)16-13-9-10(14)7-8-15-13/h3-9H,1-2H3,(H3,14,15,16). The Kier molecular flexibility index (Phi) is 3.14. The SMILES string of the molecule is CN(C)c1ccccc1Nc1cc(N)ccn1. The molecule has 0 fully saturated rings. The lowest BCUT2D eigenvalue weighted by molar-refractivity contribution is 1.13. The van der Waals surface area contributed by atoms with Gasteiger partial charge in [0.2, 0.25) is 0 Å². The third-order valence-corrected chi connectivity index (χ3v) is 2.43. The van der Waals surface area contributed by atoms with Gasteiger partial charge in [0.25, 0.3) is 0 Å². The third kappa shape index (κ3) is 2.66. The minimum absolute atomic E-state index is 0.699. The molecule has 3 N–H and O–H groups in total. The molecule has 0 radical (unpaired) electrons. The number of rotatable bonds is 3. The summed E-state index contributed by atoms with van der Waals surface area (Å²) in [6.45, 7) is 0. The topological polar surface area (TPSA) is 54.2 Å². The lowest BCUT2D eigenvalue weighted by atomic mass is 10.2. The molecule has 0 amide bonds. The summed E-state index contributed by atoms with van der Waals surface area (Å²) in [6.07, 6.45) is 1.69. The van der Waals surface area contributed by atoms with Crippen LogP contribution in [-0.4, -0.2) is 19.1 Å². The lowest BCUT2D eigenvalue weighted by Gasteiger charge is -2.18. The van der Waals surface area contributed by atoms with Gasteiger partial charge in [0, 0.05) is 32.0 Å². The number of nitrogens with zero attached hydrogens (tertiary/aromatic N) is 2. The molecule has 0 atom stereocenters. The van der Waals surface area contributed by atoms with E-state index in [2.05, 4.69) is 21.3 Å². The van der Waals surface area contributed by atoms with Gasteiger partial charge in [-0.05, 0) is 18.2 Å². The molecule has 0 aliphatic heterocycles. The van der Waals surface area contributed by atoms with Crippen molar-refractivity contribution in [3.8, 4) is 0 Å². The minimum Gasteiger partial charge on any atom is -0.399 e. The van der Waals surface area contributed by atoms with E-state index in [1.807, 2.05) is 38.4 Å². The van der Waals surface area contributed by atoms with Crippen LogP contribution >= 0.6 is 0 Å². The molecular weight excluding hydrogens is 212 g/mol. The zero-order valence-electron chi connectivity index (χ0n) is 10.0. The van der Waals surface area contributed by atoms with Gasteiger partial charge >= 0.3 is 0 Å². The molecule has 2 rings (SSSR count). The fraction of sp³-hybridized carbons (Fsp3) is 0.154. The van der Waals surface area contributed by atoms with Crippen LogP contribution in [0.2, 0.25) is 0 Å². The Labute approximate surface area is 101 Å². The van der Waals surface area contributed by atoms with Crippen LogP contribution in [0.4, 0.5) is 22.9 Å². The Morgan fingerprint density at radius 1 is 1.18 bits per heavy atom. The summed E-state index contributed by atoms with van der Waals surface area (Å²) >= 11 is 0. The van der Waals surface area contributed by atoms with Crippen molar-refractivity contribution < 1.29 is 0 Å². The van der Waals surface area contributed by atoms with Gasteiger partial charge in [-0.25, -0.2) is 4.98 Å². The van der Waals surface area contributed by atoms with Gasteiger partial charge in [-0.1, -0.05) is 12.1 Å². The Hall–Kier alpha value is -2.23. The first kappa shape index (κ1) is 11.3. The van der Waals surface area contributed by atoms with Crippen molar-refractivity contribution in [3.05, 3.63) is 42.6 Å². The van der Waals surface area contributed by atoms with Crippen molar-refractivity contribution in [3.63, 3.8) is 0 Å². The molecule has 1 aromatic heterocycles. The van der Waals surface area contributed by atoms with Crippen LogP contribution in [0.25, 0.3) is 0 Å². The number of para-hydroxylation sites is 2. The maximum absolute atomic E-state index is 5.72. The molecule has 0 aliphatic rings. The number of nitrogen functional groups attached to an aromatic ring is 1. The fourth-order valence-corrected chi connectivity index (χ4v) is 1.62. The van der Waals surface area contributed by atoms with Crippen LogP contribution in [0.5, 0.6) is 0 Å². The highest BCUT2D eigenvalue weighted by Gasteiger charge is 2.04. The van der Waals surface area contributed by atoms with E-state index >= 15 is 0 Å². The predicted molar refractivity (Wildman–Crippen MR) is 72.7 cm³/mol. The Bertz CT molecular complexity index is 508. The predicted octanol–water partition coefficient (Wildman–Crippen LogP) is 2.47. The molecule has 1 aromatic carbocycles. The van der Waals surface area contributed by atoms with Gasteiger partial charge in [-0.15, -0.1) is 0 Å². The summed E-state index contributed by atoms with van der Waals surface area (Å²) in [5.41, 5.74) is 8.54. The molecule has 4 nitrogen and oxygen atoms in total. The van der Waals surface area contributed by atoms with E-state index in [1.54, 1.807) is 12.3 Å². The summed E-state index contributed by atoms with van der Waals surface area (Å²) in [5, 5.41) is 3.26. The van der Waals surface area contributed by atoms with E-state index in [1.165, 1.54) is 0 Å². The molecule has 1 heterocycles. The maximum atomic E-state index is 5.72. The van der Waals surface area contributed by atoms with Gasteiger partial charge in [0.15, 0.2) is 0 Å². The zero-order valence-corrected chi connectivity index (χ0v) is 10.0. The maximum Gasteiger partial charge on any atom is 0.132 e. The molecular formula is C13H16N4. The number of pyridine rings is 1. The number of hydrogen-bond donors (Lipinski definition) is 2. The quantitative estimate of drug-likeness (QED) is 0.847. The molecule has 88 valence electrons. The van der Waals surface area contributed by atoms with Crippen molar-refractivity contribution in [2.45, 2.75) is 0 Å². The van der Waals surface area contributed by atoms with Crippen molar-refractivity contribution in [2.75, 3.05) is 30.0 Å². The fourth-order valence-electron chi connectivity index (χ4n) is 1.62. The molecule has 0 bridgehead atoms. The average Bonchev–Trinajstić information content (AvgIpc) is 2.29. The molecule has 0 aliphatic carbocycles. The summed E-state index contributed by atoms with van der Waals surface area (Å²) in [4.78, 5) is 6.28. The number of nitrogens with two attached hydrogens (primary N) is 1. The third-order valence-electron chi connectivity index (χ3n) is 2.43. The Balaban J connectivity index is 2.30. The number of hydrogen-bond acceptors (Lipinski definition) is 4. The normalized spacial score (nSPS) is 10.0. The number of anilines is 4. The average molecular weight is 228 g/mol. The molecule has 2 aromatic rings. The summed E-state index contributed by atoms with van der Waals surface area (Å²) in [5.74, 6) is 0.749. The smallest absolute Gasteiger partial charge is 0.132 e. The lowest BCUT2D eigenvalue weighted by Crippen LogP contribution is -2.11. The van der Waals surface area contributed by atoms with Crippen molar-refractivity contribution in [1.82, 2.24) is 4.98 Å². The molecule has 4 heteroatoms.